The number of hydrogen-bond donors (Lipinski definition) is 0. The van der Waals surface area contributed by atoms with Crippen LogP contribution in [0.15, 0.2) is 97.2 Å². The second-order valence-electron chi connectivity index (χ2n) is 20.2. The molecule has 0 N–H and O–H groups in total. The topological polar surface area (TPSA) is 78.9 Å². The lowest BCUT2D eigenvalue weighted by Crippen LogP contribution is -2.30. The molecule has 1 unspecified atom stereocenters. The zero-order valence-electron chi connectivity index (χ0n) is 47.9. The Hall–Kier alpha value is -3.67. The maximum absolute atomic E-state index is 12.9. The Balaban J connectivity index is 4.29. The van der Waals surface area contributed by atoms with Crippen LogP contribution >= 0.6 is 0 Å². The summed E-state index contributed by atoms with van der Waals surface area (Å²) in [6, 6.07) is 0. The second kappa shape index (κ2) is 60.9. The Morgan fingerprint density at radius 1 is 0.288 bits per heavy atom. The highest BCUT2D eigenvalue weighted by atomic mass is 16.6. The molecule has 1 atom stereocenters. The van der Waals surface area contributed by atoms with E-state index in [1.165, 1.54) is 141 Å². The molecule has 0 saturated heterocycles. The van der Waals surface area contributed by atoms with E-state index in [0.29, 0.717) is 19.3 Å². The number of unbranched alkanes of at least 4 members (excludes halogenated alkanes) is 28. The van der Waals surface area contributed by atoms with E-state index >= 15 is 0 Å². The fourth-order valence-corrected chi connectivity index (χ4v) is 8.52. The summed E-state index contributed by atoms with van der Waals surface area (Å²) < 4.78 is 16.8. The summed E-state index contributed by atoms with van der Waals surface area (Å²) in [5.41, 5.74) is 0. The second-order valence-corrected chi connectivity index (χ2v) is 20.2. The van der Waals surface area contributed by atoms with Crippen molar-refractivity contribution in [2.75, 3.05) is 13.2 Å². The molecule has 0 saturated carbocycles. The highest BCUT2D eigenvalue weighted by Gasteiger charge is 2.19. The fourth-order valence-electron chi connectivity index (χ4n) is 8.52. The Morgan fingerprint density at radius 3 is 0.836 bits per heavy atom. The lowest BCUT2D eigenvalue weighted by atomic mass is 10.0. The van der Waals surface area contributed by atoms with Crippen LogP contribution in [0.4, 0.5) is 0 Å². The number of esters is 3. The van der Waals surface area contributed by atoms with E-state index in [0.717, 1.165) is 109 Å². The van der Waals surface area contributed by atoms with Gasteiger partial charge in [0, 0.05) is 19.3 Å². The van der Waals surface area contributed by atoms with Crippen molar-refractivity contribution in [3.05, 3.63) is 97.2 Å². The molecule has 0 aliphatic carbocycles. The molecule has 418 valence electrons. The average Bonchev–Trinajstić information content (AvgIpc) is 3.39. The molecule has 0 rings (SSSR count). The van der Waals surface area contributed by atoms with Crippen molar-refractivity contribution in [1.29, 1.82) is 0 Å². The molecule has 0 aromatic rings. The molecule has 0 aliphatic rings. The van der Waals surface area contributed by atoms with Crippen LogP contribution in [0.2, 0.25) is 0 Å². The van der Waals surface area contributed by atoms with Crippen molar-refractivity contribution in [3.8, 4) is 0 Å². The largest absolute Gasteiger partial charge is 0.462 e. The zero-order chi connectivity index (χ0) is 52.9. The Bertz CT molecular complexity index is 1440. The van der Waals surface area contributed by atoms with E-state index < -0.39 is 6.10 Å². The third kappa shape index (κ3) is 59.1. The van der Waals surface area contributed by atoms with Gasteiger partial charge in [0.15, 0.2) is 6.10 Å². The van der Waals surface area contributed by atoms with Crippen LogP contribution in [0, 0.1) is 0 Å². The van der Waals surface area contributed by atoms with Gasteiger partial charge < -0.3 is 14.2 Å². The number of allylic oxidation sites excluding steroid dienone is 16. The molecule has 0 spiro atoms. The summed E-state index contributed by atoms with van der Waals surface area (Å²) in [6.45, 7) is 6.48. The molecule has 0 amide bonds. The molecule has 0 aromatic carbocycles. The van der Waals surface area contributed by atoms with Crippen molar-refractivity contribution < 1.29 is 28.6 Å². The lowest BCUT2D eigenvalue weighted by molar-refractivity contribution is -0.167. The van der Waals surface area contributed by atoms with Gasteiger partial charge in [0.05, 0.1) is 0 Å². The molecule has 6 heteroatoms. The molecular formula is C67H114O6. The minimum atomic E-state index is -0.792. The Labute approximate surface area is 451 Å². The van der Waals surface area contributed by atoms with Gasteiger partial charge in [-0.15, -0.1) is 0 Å². The molecule has 73 heavy (non-hydrogen) atoms. The van der Waals surface area contributed by atoms with Gasteiger partial charge in [0.1, 0.15) is 13.2 Å². The first-order chi connectivity index (χ1) is 36.0. The molecule has 6 nitrogen and oxygen atoms in total. The normalized spacial score (nSPS) is 12.8. The minimum absolute atomic E-state index is 0.0885. The number of ether oxygens (including phenoxy) is 3. The van der Waals surface area contributed by atoms with Crippen LogP contribution in [0.3, 0.4) is 0 Å². The third-order valence-electron chi connectivity index (χ3n) is 13.1. The maximum atomic E-state index is 12.9. The summed E-state index contributed by atoms with van der Waals surface area (Å²) in [5, 5.41) is 0. The smallest absolute Gasteiger partial charge is 0.306 e. The predicted molar refractivity (Wildman–Crippen MR) is 316 cm³/mol. The van der Waals surface area contributed by atoms with E-state index in [-0.39, 0.29) is 31.1 Å². The first-order valence-electron chi connectivity index (χ1n) is 30.7. The van der Waals surface area contributed by atoms with Gasteiger partial charge in [-0.05, 0) is 83.5 Å². The van der Waals surface area contributed by atoms with E-state index in [1.54, 1.807) is 0 Å². The van der Waals surface area contributed by atoms with Crippen molar-refractivity contribution in [2.45, 2.75) is 297 Å². The highest BCUT2D eigenvalue weighted by Crippen LogP contribution is 2.16. The van der Waals surface area contributed by atoms with Gasteiger partial charge in [0.25, 0.3) is 0 Å². The van der Waals surface area contributed by atoms with Crippen molar-refractivity contribution in [2.24, 2.45) is 0 Å². The van der Waals surface area contributed by atoms with Crippen LogP contribution < -0.4 is 0 Å². The lowest BCUT2D eigenvalue weighted by Gasteiger charge is -2.18. The number of carbonyl (C=O) groups excluding carboxylic acids is 3. The fraction of sp³-hybridized carbons (Fsp3) is 0.716. The third-order valence-corrected chi connectivity index (χ3v) is 13.1. The zero-order valence-corrected chi connectivity index (χ0v) is 47.9. The van der Waals surface area contributed by atoms with Crippen LogP contribution in [-0.2, 0) is 28.6 Å². The monoisotopic (exact) mass is 1010 g/mol. The molecule has 0 aromatic heterocycles. The van der Waals surface area contributed by atoms with Crippen LogP contribution in [0.1, 0.15) is 290 Å². The number of hydrogen-bond acceptors (Lipinski definition) is 6. The summed E-state index contributed by atoms with van der Waals surface area (Å²) in [5.74, 6) is -0.930. The molecule has 0 fully saturated rings. The number of carbonyl (C=O) groups is 3. The quantitative estimate of drug-likeness (QED) is 0.0261. The molecular weight excluding hydrogens is 901 g/mol. The van der Waals surface area contributed by atoms with E-state index in [9.17, 15) is 14.4 Å². The van der Waals surface area contributed by atoms with Gasteiger partial charge in [-0.3, -0.25) is 14.4 Å². The maximum Gasteiger partial charge on any atom is 0.306 e. The van der Waals surface area contributed by atoms with E-state index in [4.69, 9.17) is 14.2 Å². The van der Waals surface area contributed by atoms with Crippen LogP contribution in [-0.4, -0.2) is 37.2 Å². The first kappa shape index (κ1) is 69.3. The number of rotatable bonds is 55. The molecule has 0 radical (unpaired) electrons. The summed E-state index contributed by atoms with van der Waals surface area (Å²) in [4.78, 5) is 38.1. The average molecular weight is 1020 g/mol. The minimum Gasteiger partial charge on any atom is -0.462 e. The van der Waals surface area contributed by atoms with Gasteiger partial charge in [-0.1, -0.05) is 285 Å². The van der Waals surface area contributed by atoms with Crippen molar-refractivity contribution >= 4 is 17.9 Å². The van der Waals surface area contributed by atoms with Gasteiger partial charge in [-0.2, -0.15) is 0 Å². The Morgan fingerprint density at radius 2 is 0.534 bits per heavy atom. The summed E-state index contributed by atoms with van der Waals surface area (Å²) >= 11 is 0. The SMILES string of the molecule is CC/C=C\C/C=C\C/C=C\C/C=C\C/C=C\C/C=C\C/C=C\C/C=C\CCCCC(=O)OCC(COC(=O)CCCCCCCCCC)OC(=O)CCCCCCCCCCCCCCCCCCCCCC. The highest BCUT2D eigenvalue weighted by molar-refractivity contribution is 5.71. The summed E-state index contributed by atoms with van der Waals surface area (Å²) in [6.07, 6.45) is 81.4. The summed E-state index contributed by atoms with van der Waals surface area (Å²) in [7, 11) is 0. The first-order valence-corrected chi connectivity index (χ1v) is 30.7. The van der Waals surface area contributed by atoms with Crippen molar-refractivity contribution in [3.63, 3.8) is 0 Å². The predicted octanol–water partition coefficient (Wildman–Crippen LogP) is 20.9. The van der Waals surface area contributed by atoms with E-state index in [2.05, 4.69) is 118 Å². The van der Waals surface area contributed by atoms with Gasteiger partial charge in [0.2, 0.25) is 0 Å². The van der Waals surface area contributed by atoms with Gasteiger partial charge >= 0.3 is 17.9 Å². The van der Waals surface area contributed by atoms with Gasteiger partial charge in [-0.25, -0.2) is 0 Å². The molecule has 0 aliphatic heterocycles. The Kier molecular flexibility index (Phi) is 57.8. The van der Waals surface area contributed by atoms with Crippen molar-refractivity contribution in [1.82, 2.24) is 0 Å². The molecule has 0 bridgehead atoms. The molecule has 0 heterocycles. The van der Waals surface area contributed by atoms with Crippen LogP contribution in [0.5, 0.6) is 0 Å². The standard InChI is InChI=1S/C67H114O6/c1-4-7-10-13-16-19-21-23-25-27-29-31-32-33-34-35-36-37-39-40-42-44-46-48-51-54-57-60-66(69)72-63-64(62-71-65(68)59-56-53-50-18-15-12-9-6-3)73-67(70)61-58-55-52-49-47-45-43-41-38-30-28-26-24-22-20-17-14-11-8-5-2/h7,10,16,19,23,25,29,31,33-34,36-37,40,42,46,48,64H,4-6,8-9,11-15,17-18,20-22,24,26-28,30,32,35,38-39,41,43-45,47,49-63H2,1-3H3/b10-7-,19-16-,25-23-,31-29-,34-33-,37-36-,42-40-,48-46-. The van der Waals surface area contributed by atoms with E-state index in [1.807, 2.05) is 0 Å². The van der Waals surface area contributed by atoms with Crippen LogP contribution in [0.25, 0.3) is 0 Å².